The molecule has 3 rings (SSSR count). The fraction of sp³-hybridized carbons (Fsp3) is 0.133. The number of nitrogens with one attached hydrogen (secondary N) is 1. The summed E-state index contributed by atoms with van der Waals surface area (Å²) in [6.07, 6.45) is -4.73. The average Bonchev–Trinajstić information content (AvgIpc) is 2.91. The summed E-state index contributed by atoms with van der Waals surface area (Å²) in [7, 11) is 0. The number of nitrogens with zero attached hydrogens (tertiary/aromatic N) is 4. The van der Waals surface area contributed by atoms with Crippen LogP contribution in [0.2, 0.25) is 5.02 Å². The Bertz CT molecular complexity index is 1060. The van der Waals surface area contributed by atoms with Crippen molar-refractivity contribution in [2.24, 2.45) is 0 Å². The van der Waals surface area contributed by atoms with E-state index < -0.39 is 28.4 Å². The molecule has 12 heteroatoms. The van der Waals surface area contributed by atoms with E-state index in [4.69, 9.17) is 11.6 Å². The van der Waals surface area contributed by atoms with Crippen LogP contribution in [-0.4, -0.2) is 25.4 Å². The zero-order valence-corrected chi connectivity index (χ0v) is 14.2. The number of rotatable bonds is 3. The predicted octanol–water partition coefficient (Wildman–Crippen LogP) is 3.87. The molecular formula is C15H9ClF3N5O3. The summed E-state index contributed by atoms with van der Waals surface area (Å²) in [6, 6.07) is 5.64. The van der Waals surface area contributed by atoms with Gasteiger partial charge in [0.05, 0.1) is 4.92 Å². The third kappa shape index (κ3) is 3.53. The fourth-order valence-corrected chi connectivity index (χ4v) is 2.56. The molecule has 0 unspecified atom stereocenters. The summed E-state index contributed by atoms with van der Waals surface area (Å²) >= 11 is 6.02. The molecule has 0 aliphatic heterocycles. The van der Waals surface area contributed by atoms with E-state index in [9.17, 15) is 28.1 Å². The van der Waals surface area contributed by atoms with Crippen molar-refractivity contribution in [2.75, 3.05) is 5.32 Å². The largest absolute Gasteiger partial charge is 0.433 e. The number of nitro groups is 1. The molecule has 0 aliphatic rings. The minimum Gasteiger partial charge on any atom is -0.321 e. The number of nitro benzene ring substituents is 1. The van der Waals surface area contributed by atoms with Gasteiger partial charge in [0.25, 0.3) is 11.6 Å². The van der Waals surface area contributed by atoms with Crippen molar-refractivity contribution in [3.05, 3.63) is 62.6 Å². The zero-order valence-electron chi connectivity index (χ0n) is 13.4. The number of non-ortho nitro benzene ring substituents is 1. The van der Waals surface area contributed by atoms with E-state index in [1.807, 2.05) is 0 Å². The van der Waals surface area contributed by atoms with Gasteiger partial charge in [-0.15, -0.1) is 0 Å². The van der Waals surface area contributed by atoms with E-state index in [0.717, 1.165) is 18.2 Å². The second-order valence-corrected chi connectivity index (χ2v) is 5.81. The van der Waals surface area contributed by atoms with Crippen LogP contribution < -0.4 is 5.32 Å². The highest BCUT2D eigenvalue weighted by atomic mass is 35.5. The Hall–Kier alpha value is -3.21. The van der Waals surface area contributed by atoms with Crippen LogP contribution in [-0.2, 0) is 6.18 Å². The number of alkyl halides is 3. The summed E-state index contributed by atoms with van der Waals surface area (Å²) in [4.78, 5) is 26.3. The van der Waals surface area contributed by atoms with Crippen molar-refractivity contribution in [2.45, 2.75) is 13.1 Å². The van der Waals surface area contributed by atoms with Crippen LogP contribution in [0.15, 0.2) is 30.3 Å². The molecule has 0 atom stereocenters. The Morgan fingerprint density at radius 2 is 1.93 bits per heavy atom. The Kier molecular flexibility index (Phi) is 4.47. The van der Waals surface area contributed by atoms with Gasteiger partial charge in [0.15, 0.2) is 11.3 Å². The highest BCUT2D eigenvalue weighted by molar-refractivity contribution is 6.37. The first-order valence-corrected chi connectivity index (χ1v) is 7.64. The first-order valence-electron chi connectivity index (χ1n) is 7.27. The van der Waals surface area contributed by atoms with Crippen LogP contribution in [0.4, 0.5) is 24.5 Å². The topological polar surface area (TPSA) is 102 Å². The van der Waals surface area contributed by atoms with Crippen LogP contribution >= 0.6 is 11.6 Å². The minimum atomic E-state index is -4.73. The maximum Gasteiger partial charge on any atom is 0.433 e. The van der Waals surface area contributed by atoms with Gasteiger partial charge in [-0.05, 0) is 25.1 Å². The minimum absolute atomic E-state index is 0.0546. The first kappa shape index (κ1) is 18.6. The number of aryl methyl sites for hydroxylation is 1. The lowest BCUT2D eigenvalue weighted by molar-refractivity contribution is -0.384. The van der Waals surface area contributed by atoms with Crippen LogP contribution in [0.1, 0.15) is 21.9 Å². The van der Waals surface area contributed by atoms with Crippen molar-refractivity contribution in [1.82, 2.24) is 14.6 Å². The molecule has 27 heavy (non-hydrogen) atoms. The van der Waals surface area contributed by atoms with Crippen LogP contribution in [0, 0.1) is 17.0 Å². The number of anilines is 1. The monoisotopic (exact) mass is 399 g/mol. The number of amides is 1. The Morgan fingerprint density at radius 3 is 2.48 bits per heavy atom. The lowest BCUT2D eigenvalue weighted by atomic mass is 10.2. The van der Waals surface area contributed by atoms with Crippen LogP contribution in [0.3, 0.4) is 0 Å². The number of fused-ring (bicyclic) bond motifs is 1. The van der Waals surface area contributed by atoms with Gasteiger partial charge in [0.1, 0.15) is 10.7 Å². The molecule has 0 fully saturated rings. The van der Waals surface area contributed by atoms with E-state index in [1.165, 1.54) is 19.1 Å². The van der Waals surface area contributed by atoms with Crippen molar-refractivity contribution >= 4 is 34.5 Å². The molecule has 8 nitrogen and oxygen atoms in total. The van der Waals surface area contributed by atoms with Gasteiger partial charge in [0.2, 0.25) is 0 Å². The van der Waals surface area contributed by atoms with Gasteiger partial charge in [-0.1, -0.05) is 11.6 Å². The molecule has 1 amide bonds. The van der Waals surface area contributed by atoms with Gasteiger partial charge >= 0.3 is 6.18 Å². The molecule has 2 heterocycles. The quantitative estimate of drug-likeness (QED) is 0.532. The van der Waals surface area contributed by atoms with Crippen molar-refractivity contribution in [3.63, 3.8) is 0 Å². The molecule has 2 aromatic heterocycles. The van der Waals surface area contributed by atoms with E-state index in [1.54, 1.807) is 0 Å². The lowest BCUT2D eigenvalue weighted by Gasteiger charge is -2.09. The summed E-state index contributed by atoms with van der Waals surface area (Å²) < 4.78 is 40.1. The van der Waals surface area contributed by atoms with E-state index in [2.05, 4.69) is 15.4 Å². The molecule has 0 saturated carbocycles. The van der Waals surface area contributed by atoms with Gasteiger partial charge in [-0.2, -0.15) is 18.3 Å². The smallest absolute Gasteiger partial charge is 0.321 e. The normalized spacial score (nSPS) is 11.6. The number of benzene rings is 1. The summed E-state index contributed by atoms with van der Waals surface area (Å²) in [6.45, 7) is 1.36. The van der Waals surface area contributed by atoms with Gasteiger partial charge in [-0.3, -0.25) is 14.9 Å². The number of hydrogen-bond donors (Lipinski definition) is 1. The molecule has 1 N–H and O–H groups in total. The van der Waals surface area contributed by atoms with Crippen molar-refractivity contribution in [3.8, 4) is 0 Å². The number of hydrogen-bond acceptors (Lipinski definition) is 5. The lowest BCUT2D eigenvalue weighted by Crippen LogP contribution is -2.15. The summed E-state index contributed by atoms with van der Waals surface area (Å²) in [5.74, 6) is -0.884. The molecular weight excluding hydrogens is 391 g/mol. The van der Waals surface area contributed by atoms with Crippen molar-refractivity contribution in [1.29, 1.82) is 0 Å². The molecule has 140 valence electrons. The van der Waals surface area contributed by atoms with Gasteiger partial charge in [-0.25, -0.2) is 9.50 Å². The number of halogens is 4. The Balaban J connectivity index is 2.00. The van der Waals surface area contributed by atoms with Gasteiger partial charge < -0.3 is 5.32 Å². The molecule has 0 saturated heterocycles. The Morgan fingerprint density at radius 1 is 1.30 bits per heavy atom. The number of carbonyl (C=O) groups excluding carboxylic acids is 1. The average molecular weight is 400 g/mol. The maximum absolute atomic E-state index is 13.2. The van der Waals surface area contributed by atoms with E-state index >= 15 is 0 Å². The molecule has 3 aromatic rings. The third-order valence-corrected chi connectivity index (χ3v) is 3.85. The number of carbonyl (C=O) groups is 1. The molecule has 0 spiro atoms. The van der Waals surface area contributed by atoms with Crippen LogP contribution in [0.5, 0.6) is 0 Å². The van der Waals surface area contributed by atoms with Crippen molar-refractivity contribution < 1.29 is 22.9 Å². The maximum atomic E-state index is 13.2. The highest BCUT2D eigenvalue weighted by Crippen LogP contribution is 2.32. The third-order valence-electron chi connectivity index (χ3n) is 3.50. The van der Waals surface area contributed by atoms with E-state index in [0.29, 0.717) is 4.52 Å². The second kappa shape index (κ2) is 6.50. The standard InChI is InChI=1S/C15H9ClF3N5O3/c1-7-6-10(15(17,18)19)23-13(20-7)11(16)12(22-23)14(25)21-8-2-4-9(5-3-8)24(26)27/h2-6H,1H3,(H,21,25). The molecule has 1 aromatic carbocycles. The molecule has 0 bridgehead atoms. The zero-order chi connectivity index (χ0) is 19.9. The van der Waals surface area contributed by atoms with Crippen LogP contribution in [0.25, 0.3) is 5.65 Å². The number of aromatic nitrogens is 3. The molecule has 0 aliphatic carbocycles. The second-order valence-electron chi connectivity index (χ2n) is 5.44. The van der Waals surface area contributed by atoms with Gasteiger partial charge in [0, 0.05) is 23.5 Å². The highest BCUT2D eigenvalue weighted by Gasteiger charge is 2.36. The van der Waals surface area contributed by atoms with E-state index in [-0.39, 0.29) is 27.7 Å². The fourth-order valence-electron chi connectivity index (χ4n) is 2.32. The molecule has 0 radical (unpaired) electrons. The first-order chi connectivity index (χ1) is 12.6. The summed E-state index contributed by atoms with van der Waals surface area (Å²) in [5, 5.41) is 16.3. The SMILES string of the molecule is Cc1cc(C(F)(F)F)n2nc(C(=O)Nc3ccc([N+](=O)[O-])cc3)c(Cl)c2n1. The predicted molar refractivity (Wildman–Crippen MR) is 88.8 cm³/mol. The Labute approximate surface area is 153 Å². The summed E-state index contributed by atoms with van der Waals surface area (Å²) in [5.41, 5.74) is -1.84.